The van der Waals surface area contributed by atoms with Gasteiger partial charge in [-0.15, -0.1) is 0 Å². The van der Waals surface area contributed by atoms with Gasteiger partial charge in [0.15, 0.2) is 6.29 Å². The summed E-state index contributed by atoms with van der Waals surface area (Å²) in [6, 6.07) is 0.323. The summed E-state index contributed by atoms with van der Waals surface area (Å²) < 4.78 is 10.5. The zero-order chi connectivity index (χ0) is 13.7. The average Bonchev–Trinajstić information content (AvgIpc) is 2.34. The number of aliphatic hydroxyl groups is 4. The molecule has 0 saturated carbocycles. The van der Waals surface area contributed by atoms with Gasteiger partial charge in [0.2, 0.25) is 0 Å². The van der Waals surface area contributed by atoms with Crippen LogP contribution in [0.15, 0.2) is 0 Å². The predicted molar refractivity (Wildman–Crippen MR) is 62.9 cm³/mol. The van der Waals surface area contributed by atoms with E-state index in [9.17, 15) is 15.3 Å². The van der Waals surface area contributed by atoms with Gasteiger partial charge >= 0.3 is 0 Å². The molecule has 1 rings (SSSR count). The van der Waals surface area contributed by atoms with Crippen molar-refractivity contribution in [3.8, 4) is 0 Å². The highest BCUT2D eigenvalue weighted by atomic mass is 16.7. The number of hydrogen-bond acceptors (Lipinski definition) is 7. The van der Waals surface area contributed by atoms with Gasteiger partial charge in [0.1, 0.15) is 24.4 Å². The van der Waals surface area contributed by atoms with Crippen LogP contribution in [0.4, 0.5) is 0 Å². The number of nitrogens with one attached hydrogen (secondary N) is 1. The standard InChI is InChI=1S/C11H23NO6/c1-6(2)12-3-4-17-11-10(16)9(15)8(14)7(5-13)18-11/h6-16H,3-5H2,1-2H3/t7?,8-,9-,10?,11+/m0/s1. The fourth-order valence-corrected chi connectivity index (χ4v) is 1.73. The molecule has 0 aromatic rings. The van der Waals surface area contributed by atoms with E-state index in [1.54, 1.807) is 0 Å². The smallest absolute Gasteiger partial charge is 0.186 e. The molecule has 1 heterocycles. The van der Waals surface area contributed by atoms with Crippen LogP contribution in [0.2, 0.25) is 0 Å². The minimum atomic E-state index is -1.39. The molecule has 0 aliphatic carbocycles. The van der Waals surface area contributed by atoms with Crippen molar-refractivity contribution in [3.05, 3.63) is 0 Å². The molecule has 0 bridgehead atoms. The molecule has 1 aliphatic heterocycles. The molecule has 0 spiro atoms. The normalized spacial score (nSPS) is 37.2. The van der Waals surface area contributed by atoms with E-state index in [4.69, 9.17) is 14.6 Å². The molecule has 2 unspecified atom stereocenters. The van der Waals surface area contributed by atoms with E-state index >= 15 is 0 Å². The first kappa shape index (κ1) is 15.8. The second kappa shape index (κ2) is 7.34. The van der Waals surface area contributed by atoms with Crippen LogP contribution in [0, 0.1) is 0 Å². The van der Waals surface area contributed by atoms with Crippen molar-refractivity contribution in [2.75, 3.05) is 19.8 Å². The first-order chi connectivity index (χ1) is 8.47. The maximum Gasteiger partial charge on any atom is 0.186 e. The topological polar surface area (TPSA) is 111 Å². The molecule has 18 heavy (non-hydrogen) atoms. The lowest BCUT2D eigenvalue weighted by Crippen LogP contribution is -2.59. The molecule has 0 aromatic carbocycles. The van der Waals surface area contributed by atoms with E-state index in [0.29, 0.717) is 19.2 Å². The van der Waals surface area contributed by atoms with Gasteiger partial charge in [0.25, 0.3) is 0 Å². The fourth-order valence-electron chi connectivity index (χ4n) is 1.73. The Balaban J connectivity index is 2.39. The Morgan fingerprint density at radius 2 is 1.83 bits per heavy atom. The Bertz CT molecular complexity index is 238. The molecule has 5 N–H and O–H groups in total. The first-order valence-corrected chi connectivity index (χ1v) is 6.13. The van der Waals surface area contributed by atoms with Crippen LogP contribution in [-0.4, -0.2) is 76.9 Å². The lowest BCUT2D eigenvalue weighted by atomic mass is 9.99. The van der Waals surface area contributed by atoms with Gasteiger partial charge in [-0.2, -0.15) is 0 Å². The van der Waals surface area contributed by atoms with Crippen molar-refractivity contribution < 1.29 is 29.9 Å². The van der Waals surface area contributed by atoms with Crippen molar-refractivity contribution in [3.63, 3.8) is 0 Å². The molecule has 0 radical (unpaired) electrons. The zero-order valence-corrected chi connectivity index (χ0v) is 10.7. The van der Waals surface area contributed by atoms with Gasteiger partial charge in [-0.25, -0.2) is 0 Å². The third-order valence-corrected chi connectivity index (χ3v) is 2.79. The Labute approximate surface area is 106 Å². The predicted octanol–water partition coefficient (Wildman–Crippen LogP) is -2.20. The summed E-state index contributed by atoms with van der Waals surface area (Å²) in [5.41, 5.74) is 0. The molecule has 7 heteroatoms. The van der Waals surface area contributed by atoms with Crippen molar-refractivity contribution in [1.82, 2.24) is 5.32 Å². The summed E-state index contributed by atoms with van der Waals surface area (Å²) in [5.74, 6) is 0. The molecule has 108 valence electrons. The Morgan fingerprint density at radius 1 is 1.17 bits per heavy atom. The third kappa shape index (κ3) is 4.13. The summed E-state index contributed by atoms with van der Waals surface area (Å²) in [7, 11) is 0. The van der Waals surface area contributed by atoms with Crippen LogP contribution in [-0.2, 0) is 9.47 Å². The second-order valence-corrected chi connectivity index (χ2v) is 4.68. The zero-order valence-electron chi connectivity index (χ0n) is 10.7. The van der Waals surface area contributed by atoms with Gasteiger partial charge in [0, 0.05) is 12.6 Å². The van der Waals surface area contributed by atoms with Crippen molar-refractivity contribution in [2.45, 2.75) is 50.6 Å². The van der Waals surface area contributed by atoms with E-state index < -0.39 is 37.3 Å². The second-order valence-electron chi connectivity index (χ2n) is 4.68. The molecule has 0 amide bonds. The summed E-state index contributed by atoms with van der Waals surface area (Å²) in [6.07, 6.45) is -6.04. The molecular formula is C11H23NO6. The highest BCUT2D eigenvalue weighted by Crippen LogP contribution is 2.21. The van der Waals surface area contributed by atoms with E-state index in [2.05, 4.69) is 5.32 Å². The molecule has 5 atom stereocenters. The summed E-state index contributed by atoms with van der Waals surface area (Å²) >= 11 is 0. The Hall–Kier alpha value is -0.280. The quantitative estimate of drug-likeness (QED) is 0.347. The van der Waals surface area contributed by atoms with Crippen LogP contribution in [0.3, 0.4) is 0 Å². The minimum Gasteiger partial charge on any atom is -0.394 e. The summed E-state index contributed by atoms with van der Waals surface area (Å²) in [4.78, 5) is 0. The number of hydrogen-bond donors (Lipinski definition) is 5. The van der Waals surface area contributed by atoms with Crippen LogP contribution in [0.5, 0.6) is 0 Å². The maximum absolute atomic E-state index is 9.67. The lowest BCUT2D eigenvalue weighted by molar-refractivity contribution is -0.300. The van der Waals surface area contributed by atoms with E-state index in [1.165, 1.54) is 0 Å². The highest BCUT2D eigenvalue weighted by molar-refractivity contribution is 4.88. The minimum absolute atomic E-state index is 0.293. The fraction of sp³-hybridized carbons (Fsp3) is 1.00. The number of ether oxygens (including phenoxy) is 2. The number of rotatable bonds is 6. The first-order valence-electron chi connectivity index (χ1n) is 6.13. The Kier molecular flexibility index (Phi) is 6.44. The molecular weight excluding hydrogens is 242 g/mol. The Morgan fingerprint density at radius 3 is 2.39 bits per heavy atom. The molecule has 1 saturated heterocycles. The summed E-state index contributed by atoms with van der Waals surface area (Å²) in [5, 5.41) is 40.9. The molecule has 1 aliphatic rings. The van der Waals surface area contributed by atoms with Crippen LogP contribution in [0.1, 0.15) is 13.8 Å². The highest BCUT2D eigenvalue weighted by Gasteiger charge is 2.43. The molecule has 1 fully saturated rings. The van der Waals surface area contributed by atoms with Crippen LogP contribution >= 0.6 is 0 Å². The monoisotopic (exact) mass is 265 g/mol. The SMILES string of the molecule is CC(C)NCCO[C@@H]1OC(CO)[C@H](O)[C@H](O)C1O. The third-order valence-electron chi connectivity index (χ3n) is 2.79. The molecule has 0 aromatic heterocycles. The van der Waals surface area contributed by atoms with Gasteiger partial charge in [0.05, 0.1) is 13.2 Å². The van der Waals surface area contributed by atoms with E-state index in [0.717, 1.165) is 0 Å². The van der Waals surface area contributed by atoms with Gasteiger partial charge in [-0.05, 0) is 0 Å². The van der Waals surface area contributed by atoms with Crippen LogP contribution in [0.25, 0.3) is 0 Å². The van der Waals surface area contributed by atoms with Crippen molar-refractivity contribution in [1.29, 1.82) is 0 Å². The van der Waals surface area contributed by atoms with Crippen LogP contribution < -0.4 is 5.32 Å². The van der Waals surface area contributed by atoms with Gasteiger partial charge in [-0.3, -0.25) is 0 Å². The molecule has 7 nitrogen and oxygen atoms in total. The number of aliphatic hydroxyl groups excluding tert-OH is 4. The van der Waals surface area contributed by atoms with E-state index in [-0.39, 0.29) is 0 Å². The van der Waals surface area contributed by atoms with E-state index in [1.807, 2.05) is 13.8 Å². The largest absolute Gasteiger partial charge is 0.394 e. The summed E-state index contributed by atoms with van der Waals surface area (Å²) in [6.45, 7) is 4.41. The van der Waals surface area contributed by atoms with Crippen molar-refractivity contribution >= 4 is 0 Å². The average molecular weight is 265 g/mol. The van der Waals surface area contributed by atoms with Crippen molar-refractivity contribution in [2.24, 2.45) is 0 Å². The van der Waals surface area contributed by atoms with Gasteiger partial charge in [-0.1, -0.05) is 13.8 Å². The van der Waals surface area contributed by atoms with Gasteiger partial charge < -0.3 is 35.2 Å². The lowest BCUT2D eigenvalue weighted by Gasteiger charge is -2.39. The maximum atomic E-state index is 9.67.